The minimum atomic E-state index is -4.70. The van der Waals surface area contributed by atoms with Gasteiger partial charge in [0.1, 0.15) is 0 Å². The minimum Gasteiger partial charge on any atom is -0.244 e. The van der Waals surface area contributed by atoms with Crippen LogP contribution in [0.4, 0.5) is 13.2 Å². The van der Waals surface area contributed by atoms with Crippen LogP contribution in [-0.4, -0.2) is 29.4 Å². The van der Waals surface area contributed by atoms with Gasteiger partial charge in [-0.3, -0.25) is 0 Å². The summed E-state index contributed by atoms with van der Waals surface area (Å²) in [5.41, 5.74) is 0. The molecule has 1 aromatic rings. The summed E-state index contributed by atoms with van der Waals surface area (Å²) in [6, 6.07) is 0. The number of aromatic nitrogens is 3. The Balaban J connectivity index is 3.33. The zero-order valence-corrected chi connectivity index (χ0v) is 8.02. The predicted octanol–water partition coefficient (Wildman–Crippen LogP) is 0.237. The quantitative estimate of drug-likeness (QED) is 0.691. The molecule has 0 aliphatic carbocycles. The van der Waals surface area contributed by atoms with E-state index in [1.54, 1.807) is 0 Å². The summed E-state index contributed by atoms with van der Waals surface area (Å²) in [6.07, 6.45) is -3.97. The van der Waals surface area contributed by atoms with Gasteiger partial charge in [0.15, 0.2) is 0 Å². The fraction of sp³-hybridized carbons (Fsp3) is 0.600. The molecule has 0 unspecified atom stereocenters. The fourth-order valence-corrected chi connectivity index (χ4v) is 1.29. The highest BCUT2D eigenvalue weighted by atomic mass is 32.2. The summed E-state index contributed by atoms with van der Waals surface area (Å²) in [6.45, 7) is 0. The molecule has 9 heteroatoms. The molecule has 1 rings (SSSR count). The Morgan fingerprint density at radius 2 is 1.86 bits per heavy atom. The Hall–Kier alpha value is -1.12. The van der Waals surface area contributed by atoms with Crippen molar-refractivity contribution in [3.05, 3.63) is 5.82 Å². The number of halogens is 3. The number of aryl methyl sites for hydroxylation is 1. The smallest absolute Gasteiger partial charge is 0.244 e. The molecule has 0 bridgehead atoms. The van der Waals surface area contributed by atoms with Crippen molar-refractivity contribution in [1.29, 1.82) is 0 Å². The number of alkyl halides is 3. The number of rotatable bonds is 1. The number of nitrogens with zero attached hydrogens (tertiary/aromatic N) is 3. The lowest BCUT2D eigenvalue weighted by molar-refractivity contribution is -0.147. The maximum absolute atomic E-state index is 12.1. The molecule has 0 fully saturated rings. The second-order valence-corrected chi connectivity index (χ2v) is 4.52. The molecule has 0 saturated carbocycles. The van der Waals surface area contributed by atoms with Gasteiger partial charge in [0, 0.05) is 13.3 Å². The summed E-state index contributed by atoms with van der Waals surface area (Å²) in [4.78, 5) is 2.89. The van der Waals surface area contributed by atoms with E-state index in [2.05, 4.69) is 10.1 Å². The molecule has 0 saturated heterocycles. The Morgan fingerprint density at radius 3 is 2.07 bits per heavy atom. The molecular weight excluding hydrogens is 223 g/mol. The number of sulfone groups is 1. The highest BCUT2D eigenvalue weighted by Crippen LogP contribution is 2.27. The molecule has 0 spiro atoms. The van der Waals surface area contributed by atoms with Gasteiger partial charge in [0.2, 0.25) is 15.7 Å². The van der Waals surface area contributed by atoms with E-state index < -0.39 is 27.0 Å². The summed E-state index contributed by atoms with van der Waals surface area (Å²) >= 11 is 0. The normalized spacial score (nSPS) is 13.2. The zero-order valence-electron chi connectivity index (χ0n) is 7.20. The maximum atomic E-state index is 12.1. The van der Waals surface area contributed by atoms with Crippen molar-refractivity contribution < 1.29 is 21.6 Å². The number of hydrogen-bond acceptors (Lipinski definition) is 4. The van der Waals surface area contributed by atoms with E-state index in [-0.39, 0.29) is 0 Å². The molecule has 0 aromatic carbocycles. The summed E-state index contributed by atoms with van der Waals surface area (Å²) in [5.74, 6) is -1.34. The van der Waals surface area contributed by atoms with E-state index in [1.165, 1.54) is 0 Å². The van der Waals surface area contributed by atoms with E-state index in [1.807, 2.05) is 0 Å². The van der Waals surface area contributed by atoms with Crippen molar-refractivity contribution in [1.82, 2.24) is 14.8 Å². The molecule has 80 valence electrons. The molecule has 14 heavy (non-hydrogen) atoms. The molecule has 0 N–H and O–H groups in total. The molecule has 0 radical (unpaired) electrons. The Kier molecular flexibility index (Phi) is 2.30. The second-order valence-electron chi connectivity index (χ2n) is 2.61. The van der Waals surface area contributed by atoms with Crippen LogP contribution in [0.1, 0.15) is 5.82 Å². The SMILES string of the molecule is Cn1nc(S(C)(=O)=O)nc1C(F)(F)F. The third kappa shape index (κ3) is 2.03. The van der Waals surface area contributed by atoms with Crippen LogP contribution in [0.3, 0.4) is 0 Å². The van der Waals surface area contributed by atoms with Gasteiger partial charge in [-0.1, -0.05) is 0 Å². The van der Waals surface area contributed by atoms with E-state index in [0.29, 0.717) is 4.68 Å². The predicted molar refractivity (Wildman–Crippen MR) is 39.1 cm³/mol. The third-order valence-electron chi connectivity index (χ3n) is 1.33. The van der Waals surface area contributed by atoms with Crippen LogP contribution in [0.2, 0.25) is 0 Å². The molecule has 1 aromatic heterocycles. The summed E-state index contributed by atoms with van der Waals surface area (Å²) in [7, 11) is -2.83. The van der Waals surface area contributed by atoms with Gasteiger partial charge in [-0.2, -0.15) is 18.2 Å². The van der Waals surface area contributed by atoms with Gasteiger partial charge in [0.05, 0.1) is 0 Å². The van der Waals surface area contributed by atoms with Gasteiger partial charge in [-0.15, -0.1) is 5.10 Å². The topological polar surface area (TPSA) is 64.8 Å². The lowest BCUT2D eigenvalue weighted by Crippen LogP contribution is -2.13. The highest BCUT2D eigenvalue weighted by molar-refractivity contribution is 7.90. The third-order valence-corrected chi connectivity index (χ3v) is 2.17. The lowest BCUT2D eigenvalue weighted by Gasteiger charge is -2.02. The summed E-state index contributed by atoms with van der Waals surface area (Å²) < 4.78 is 58.4. The first-order chi connectivity index (χ1) is 6.12. The van der Waals surface area contributed by atoms with Crippen molar-refractivity contribution >= 4 is 9.84 Å². The average Bonchev–Trinajstić information content (AvgIpc) is 2.27. The van der Waals surface area contributed by atoms with Crippen molar-refractivity contribution in [3.8, 4) is 0 Å². The fourth-order valence-electron chi connectivity index (χ4n) is 0.765. The zero-order chi connectivity index (χ0) is 11.1. The average molecular weight is 229 g/mol. The van der Waals surface area contributed by atoms with Crippen LogP contribution >= 0.6 is 0 Å². The van der Waals surface area contributed by atoms with Crippen molar-refractivity contribution in [3.63, 3.8) is 0 Å². The minimum absolute atomic E-state index is 0.385. The van der Waals surface area contributed by atoms with Gasteiger partial charge < -0.3 is 0 Å². The van der Waals surface area contributed by atoms with Gasteiger partial charge in [-0.25, -0.2) is 13.1 Å². The summed E-state index contributed by atoms with van der Waals surface area (Å²) in [5, 5.41) is 2.32. The van der Waals surface area contributed by atoms with Gasteiger partial charge >= 0.3 is 6.18 Å². The standard InChI is InChI=1S/C5H6F3N3O2S/c1-11-3(5(6,7)8)9-4(10-11)14(2,12)13/h1-2H3. The first kappa shape index (κ1) is 11.0. The highest BCUT2D eigenvalue weighted by Gasteiger charge is 2.38. The van der Waals surface area contributed by atoms with Crippen LogP contribution in [0, 0.1) is 0 Å². The Labute approximate surface area is 77.5 Å². The molecule has 5 nitrogen and oxygen atoms in total. The largest absolute Gasteiger partial charge is 0.451 e. The monoisotopic (exact) mass is 229 g/mol. The van der Waals surface area contributed by atoms with Crippen LogP contribution in [-0.2, 0) is 23.1 Å². The van der Waals surface area contributed by atoms with E-state index in [0.717, 1.165) is 13.3 Å². The maximum Gasteiger partial charge on any atom is 0.451 e. The van der Waals surface area contributed by atoms with Crippen LogP contribution in [0.15, 0.2) is 5.16 Å². The first-order valence-corrected chi connectivity index (χ1v) is 5.20. The molecule has 0 aliphatic rings. The first-order valence-electron chi connectivity index (χ1n) is 3.30. The second kappa shape index (κ2) is 2.94. The molecule has 1 heterocycles. The Bertz CT molecular complexity index is 447. The van der Waals surface area contributed by atoms with E-state index in [4.69, 9.17) is 0 Å². The number of hydrogen-bond donors (Lipinski definition) is 0. The van der Waals surface area contributed by atoms with E-state index in [9.17, 15) is 21.6 Å². The van der Waals surface area contributed by atoms with E-state index >= 15 is 0 Å². The van der Waals surface area contributed by atoms with Crippen molar-refractivity contribution in [2.24, 2.45) is 7.05 Å². The van der Waals surface area contributed by atoms with Gasteiger partial charge in [0.25, 0.3) is 5.16 Å². The molecular formula is C5H6F3N3O2S. The van der Waals surface area contributed by atoms with Crippen molar-refractivity contribution in [2.45, 2.75) is 11.3 Å². The Morgan fingerprint density at radius 1 is 1.36 bits per heavy atom. The van der Waals surface area contributed by atoms with Crippen LogP contribution < -0.4 is 0 Å². The molecule has 0 aliphatic heterocycles. The van der Waals surface area contributed by atoms with Crippen LogP contribution in [0.25, 0.3) is 0 Å². The van der Waals surface area contributed by atoms with Crippen molar-refractivity contribution in [2.75, 3.05) is 6.26 Å². The van der Waals surface area contributed by atoms with Gasteiger partial charge in [-0.05, 0) is 0 Å². The van der Waals surface area contributed by atoms with Crippen LogP contribution in [0.5, 0.6) is 0 Å². The molecule has 0 amide bonds. The lowest BCUT2D eigenvalue weighted by atomic mass is 10.6. The molecule has 0 atom stereocenters.